The predicted octanol–water partition coefficient (Wildman–Crippen LogP) is 3.06. The van der Waals surface area contributed by atoms with Crippen molar-refractivity contribution in [3.63, 3.8) is 0 Å². The number of hydrogen-bond acceptors (Lipinski definition) is 2. The standard InChI is InChI=1S/C10H15BrN2/c1-4-9(8(3)11)10-12-6-5-7(2)13-10/h5-6,8-9H,4H2,1-3H3. The number of hydrogen-bond donors (Lipinski definition) is 0. The van der Waals surface area contributed by atoms with Crippen molar-refractivity contribution in [3.8, 4) is 0 Å². The number of alkyl halides is 1. The van der Waals surface area contributed by atoms with Crippen LogP contribution < -0.4 is 0 Å². The highest BCUT2D eigenvalue weighted by molar-refractivity contribution is 9.09. The van der Waals surface area contributed by atoms with E-state index in [4.69, 9.17) is 0 Å². The fourth-order valence-corrected chi connectivity index (χ4v) is 1.97. The Morgan fingerprint density at radius 2 is 2.23 bits per heavy atom. The monoisotopic (exact) mass is 242 g/mol. The summed E-state index contributed by atoms with van der Waals surface area (Å²) in [6, 6.07) is 1.93. The molecule has 72 valence electrons. The van der Waals surface area contributed by atoms with E-state index in [-0.39, 0.29) is 0 Å². The van der Waals surface area contributed by atoms with Gasteiger partial charge >= 0.3 is 0 Å². The molecule has 2 atom stereocenters. The molecule has 2 unspecified atom stereocenters. The van der Waals surface area contributed by atoms with Crippen LogP contribution in [-0.4, -0.2) is 14.8 Å². The molecule has 0 radical (unpaired) electrons. The number of aromatic nitrogens is 2. The van der Waals surface area contributed by atoms with Crippen LogP contribution in [0.1, 0.15) is 37.7 Å². The largest absolute Gasteiger partial charge is 0.241 e. The quantitative estimate of drug-likeness (QED) is 0.762. The molecular weight excluding hydrogens is 228 g/mol. The molecule has 0 saturated carbocycles. The van der Waals surface area contributed by atoms with Crippen molar-refractivity contribution >= 4 is 15.9 Å². The minimum absolute atomic E-state index is 0.417. The first kappa shape index (κ1) is 10.6. The van der Waals surface area contributed by atoms with Crippen molar-refractivity contribution in [1.29, 1.82) is 0 Å². The summed E-state index contributed by atoms with van der Waals surface area (Å²) in [5.74, 6) is 1.37. The first-order valence-corrected chi connectivity index (χ1v) is 5.50. The molecule has 1 aromatic rings. The molecule has 0 N–H and O–H groups in total. The Kier molecular flexibility index (Phi) is 3.85. The van der Waals surface area contributed by atoms with Gasteiger partial charge < -0.3 is 0 Å². The van der Waals surface area contributed by atoms with Gasteiger partial charge in [-0.2, -0.15) is 0 Å². The fraction of sp³-hybridized carbons (Fsp3) is 0.600. The first-order chi connectivity index (χ1) is 6.15. The van der Waals surface area contributed by atoms with Crippen LogP contribution in [0.25, 0.3) is 0 Å². The van der Waals surface area contributed by atoms with Gasteiger partial charge in [0.05, 0.1) is 0 Å². The van der Waals surface area contributed by atoms with Crippen LogP contribution >= 0.6 is 15.9 Å². The Bertz CT molecular complexity index is 273. The topological polar surface area (TPSA) is 25.8 Å². The van der Waals surface area contributed by atoms with Crippen molar-refractivity contribution in [1.82, 2.24) is 9.97 Å². The normalized spacial score (nSPS) is 15.4. The number of aryl methyl sites for hydroxylation is 1. The Labute approximate surface area is 87.9 Å². The minimum atomic E-state index is 0.417. The summed E-state index contributed by atoms with van der Waals surface area (Å²) in [5, 5.41) is 0. The predicted molar refractivity (Wildman–Crippen MR) is 58.2 cm³/mol. The smallest absolute Gasteiger partial charge is 0.132 e. The van der Waals surface area contributed by atoms with Gasteiger partial charge in [0.1, 0.15) is 5.82 Å². The van der Waals surface area contributed by atoms with E-state index < -0.39 is 0 Å². The maximum Gasteiger partial charge on any atom is 0.132 e. The lowest BCUT2D eigenvalue weighted by Gasteiger charge is -2.15. The summed E-state index contributed by atoms with van der Waals surface area (Å²) in [4.78, 5) is 9.15. The average molecular weight is 243 g/mol. The van der Waals surface area contributed by atoms with Crippen molar-refractivity contribution < 1.29 is 0 Å². The van der Waals surface area contributed by atoms with E-state index >= 15 is 0 Å². The molecule has 0 aliphatic carbocycles. The molecule has 0 aromatic carbocycles. The molecule has 3 heteroatoms. The molecular formula is C10H15BrN2. The molecule has 0 fully saturated rings. The van der Waals surface area contributed by atoms with Crippen molar-refractivity contribution in [2.75, 3.05) is 0 Å². The van der Waals surface area contributed by atoms with Crippen LogP contribution in [0.4, 0.5) is 0 Å². The number of halogens is 1. The first-order valence-electron chi connectivity index (χ1n) is 4.58. The zero-order valence-corrected chi connectivity index (χ0v) is 9.87. The van der Waals surface area contributed by atoms with Crippen molar-refractivity contribution in [2.45, 2.75) is 37.9 Å². The summed E-state index contributed by atoms with van der Waals surface area (Å²) in [6.45, 7) is 6.30. The van der Waals surface area contributed by atoms with Crippen molar-refractivity contribution in [2.24, 2.45) is 0 Å². The molecule has 0 bridgehead atoms. The van der Waals surface area contributed by atoms with Crippen LogP contribution in [0.3, 0.4) is 0 Å². The number of nitrogens with zero attached hydrogens (tertiary/aromatic N) is 2. The number of rotatable bonds is 3. The van der Waals surface area contributed by atoms with Gasteiger partial charge in [0.15, 0.2) is 0 Å². The summed E-state index contributed by atoms with van der Waals surface area (Å²) >= 11 is 3.58. The highest BCUT2D eigenvalue weighted by Gasteiger charge is 2.17. The maximum atomic E-state index is 4.42. The van der Waals surface area contributed by atoms with Gasteiger partial charge in [0, 0.05) is 22.6 Å². The van der Waals surface area contributed by atoms with E-state index in [0.29, 0.717) is 10.7 Å². The van der Waals surface area contributed by atoms with Gasteiger partial charge in [-0.15, -0.1) is 0 Å². The second-order valence-electron chi connectivity index (χ2n) is 3.25. The Balaban J connectivity index is 2.91. The van der Waals surface area contributed by atoms with Crippen LogP contribution in [-0.2, 0) is 0 Å². The van der Waals surface area contributed by atoms with Gasteiger partial charge in [-0.3, -0.25) is 0 Å². The van der Waals surface area contributed by atoms with Gasteiger partial charge in [0.2, 0.25) is 0 Å². The van der Waals surface area contributed by atoms with E-state index in [9.17, 15) is 0 Å². The van der Waals surface area contributed by atoms with E-state index in [0.717, 1.165) is 17.9 Å². The Hall–Kier alpha value is -0.440. The van der Waals surface area contributed by atoms with Gasteiger partial charge in [-0.05, 0) is 19.4 Å². The third-order valence-corrected chi connectivity index (χ3v) is 2.78. The molecule has 1 rings (SSSR count). The molecule has 1 heterocycles. The second kappa shape index (κ2) is 4.70. The minimum Gasteiger partial charge on any atom is -0.241 e. The van der Waals surface area contributed by atoms with E-state index in [1.807, 2.05) is 19.2 Å². The Morgan fingerprint density at radius 1 is 1.54 bits per heavy atom. The lowest BCUT2D eigenvalue weighted by atomic mass is 10.0. The van der Waals surface area contributed by atoms with Crippen molar-refractivity contribution in [3.05, 3.63) is 23.8 Å². The van der Waals surface area contributed by atoms with Crippen LogP contribution in [0.2, 0.25) is 0 Å². The van der Waals surface area contributed by atoms with Crippen LogP contribution in [0.5, 0.6) is 0 Å². The summed E-state index contributed by atoms with van der Waals surface area (Å²) < 4.78 is 0. The third kappa shape index (κ3) is 2.76. The lowest BCUT2D eigenvalue weighted by Crippen LogP contribution is -2.12. The molecule has 0 spiro atoms. The van der Waals surface area contributed by atoms with E-state index in [2.05, 4.69) is 39.7 Å². The lowest BCUT2D eigenvalue weighted by molar-refractivity contribution is 0.618. The Morgan fingerprint density at radius 3 is 2.69 bits per heavy atom. The summed E-state index contributed by atoms with van der Waals surface area (Å²) in [7, 11) is 0. The third-order valence-electron chi connectivity index (χ3n) is 2.14. The zero-order valence-electron chi connectivity index (χ0n) is 8.29. The molecule has 13 heavy (non-hydrogen) atoms. The molecule has 0 saturated heterocycles. The average Bonchev–Trinajstić information content (AvgIpc) is 2.04. The summed E-state index contributed by atoms with van der Waals surface area (Å²) in [5.41, 5.74) is 1.04. The fourth-order valence-electron chi connectivity index (χ4n) is 1.36. The van der Waals surface area contributed by atoms with Crippen LogP contribution in [0.15, 0.2) is 12.3 Å². The van der Waals surface area contributed by atoms with Gasteiger partial charge in [0.25, 0.3) is 0 Å². The van der Waals surface area contributed by atoms with Crippen LogP contribution in [0, 0.1) is 6.92 Å². The van der Waals surface area contributed by atoms with E-state index in [1.54, 1.807) is 0 Å². The SMILES string of the molecule is CCC(c1nccc(C)n1)C(C)Br. The molecule has 2 nitrogen and oxygen atoms in total. The van der Waals surface area contributed by atoms with Gasteiger partial charge in [-0.25, -0.2) is 9.97 Å². The maximum absolute atomic E-state index is 4.42. The molecule has 0 aliphatic rings. The van der Waals surface area contributed by atoms with E-state index in [1.165, 1.54) is 0 Å². The van der Waals surface area contributed by atoms with Gasteiger partial charge in [-0.1, -0.05) is 29.8 Å². The zero-order chi connectivity index (χ0) is 9.84. The highest BCUT2D eigenvalue weighted by Crippen LogP contribution is 2.24. The highest BCUT2D eigenvalue weighted by atomic mass is 79.9. The summed E-state index contributed by atoms with van der Waals surface area (Å²) in [6.07, 6.45) is 2.89. The molecule has 0 aliphatic heterocycles. The molecule has 0 amide bonds. The molecule has 1 aromatic heterocycles. The second-order valence-corrected chi connectivity index (χ2v) is 4.69.